The maximum absolute atomic E-state index is 12.0. The average molecular weight is 323 g/mol. The van der Waals surface area contributed by atoms with Crippen molar-refractivity contribution < 1.29 is 9.53 Å². The van der Waals surface area contributed by atoms with E-state index in [4.69, 9.17) is 4.74 Å². The van der Waals surface area contributed by atoms with Crippen LogP contribution < -0.4 is 0 Å². The van der Waals surface area contributed by atoms with Crippen LogP contribution in [0.4, 0.5) is 0 Å². The number of ketones is 1. The molecule has 0 saturated heterocycles. The third kappa shape index (κ3) is 2.38. The molecule has 2 nitrogen and oxygen atoms in total. The molecule has 0 heterocycles. The quantitative estimate of drug-likeness (QED) is 0.831. The maximum atomic E-state index is 12.0. The Kier molecular flexibility index (Phi) is 3.77. The van der Waals surface area contributed by atoms with E-state index in [0.29, 0.717) is 18.8 Å². The molecule has 0 bridgehead atoms. The van der Waals surface area contributed by atoms with Crippen LogP contribution >= 0.6 is 15.9 Å². The molecule has 0 aliphatic heterocycles. The van der Waals surface area contributed by atoms with Gasteiger partial charge in [0.2, 0.25) is 0 Å². The van der Waals surface area contributed by atoms with Gasteiger partial charge >= 0.3 is 0 Å². The molecule has 2 fully saturated rings. The molecular formula is C16H19BrO2. The number of rotatable bonds is 3. The summed E-state index contributed by atoms with van der Waals surface area (Å²) >= 11 is 3.54. The van der Waals surface area contributed by atoms with E-state index in [1.54, 1.807) is 0 Å². The fraction of sp³-hybridized carbons (Fsp3) is 0.562. The lowest BCUT2D eigenvalue weighted by molar-refractivity contribution is -0.171. The summed E-state index contributed by atoms with van der Waals surface area (Å²) in [6.45, 7) is 0.598. The van der Waals surface area contributed by atoms with Crippen LogP contribution in [0.3, 0.4) is 0 Å². The molecule has 1 aromatic rings. The first-order valence-electron chi connectivity index (χ1n) is 7.11. The minimum atomic E-state index is -0.125. The van der Waals surface area contributed by atoms with Crippen molar-refractivity contribution in [2.75, 3.05) is 0 Å². The lowest BCUT2D eigenvalue weighted by atomic mass is 9.57. The van der Waals surface area contributed by atoms with Crippen LogP contribution in [0.25, 0.3) is 0 Å². The van der Waals surface area contributed by atoms with Crippen LogP contribution in [0.15, 0.2) is 28.7 Å². The van der Waals surface area contributed by atoms with Crippen molar-refractivity contribution >= 4 is 21.7 Å². The van der Waals surface area contributed by atoms with Gasteiger partial charge in [0, 0.05) is 10.9 Å². The maximum Gasteiger partial charge on any atom is 0.144 e. The SMILES string of the molecule is O=C1CC(OCc2ccccc2Br)C12CCCCC2. The van der Waals surface area contributed by atoms with Crippen LogP contribution in [0, 0.1) is 5.41 Å². The minimum Gasteiger partial charge on any atom is -0.372 e. The van der Waals surface area contributed by atoms with Gasteiger partial charge in [0.15, 0.2) is 0 Å². The van der Waals surface area contributed by atoms with Crippen molar-refractivity contribution in [3.8, 4) is 0 Å². The zero-order valence-corrected chi connectivity index (χ0v) is 12.6. The van der Waals surface area contributed by atoms with Crippen molar-refractivity contribution in [1.82, 2.24) is 0 Å². The van der Waals surface area contributed by atoms with Crippen molar-refractivity contribution in [3.05, 3.63) is 34.3 Å². The summed E-state index contributed by atoms with van der Waals surface area (Å²) in [6, 6.07) is 8.12. The molecule has 2 aliphatic carbocycles. The fourth-order valence-electron chi connectivity index (χ4n) is 3.42. The Morgan fingerprint density at radius 2 is 1.95 bits per heavy atom. The van der Waals surface area contributed by atoms with Crippen LogP contribution in [0.2, 0.25) is 0 Å². The summed E-state index contributed by atoms with van der Waals surface area (Å²) < 4.78 is 7.14. The standard InChI is InChI=1S/C16H19BrO2/c17-13-7-3-2-6-12(13)11-19-15-10-14(18)16(15)8-4-1-5-9-16/h2-3,6-7,15H,1,4-5,8-11H2. The van der Waals surface area contributed by atoms with Gasteiger partial charge in [-0.15, -0.1) is 0 Å². The Labute approximate surface area is 122 Å². The summed E-state index contributed by atoms with van der Waals surface area (Å²) in [5.74, 6) is 0.435. The zero-order valence-electron chi connectivity index (χ0n) is 11.0. The number of Topliss-reactive ketones (excluding diaryl/α,β-unsaturated/α-hetero) is 1. The van der Waals surface area contributed by atoms with E-state index in [2.05, 4.69) is 22.0 Å². The highest BCUT2D eigenvalue weighted by atomic mass is 79.9. The van der Waals surface area contributed by atoms with Gasteiger partial charge in [0.05, 0.1) is 18.1 Å². The van der Waals surface area contributed by atoms with E-state index in [1.165, 1.54) is 19.3 Å². The van der Waals surface area contributed by atoms with Crippen molar-refractivity contribution in [2.45, 2.75) is 51.2 Å². The predicted octanol–water partition coefficient (Wildman–Crippen LogP) is 4.26. The average Bonchev–Trinajstić information content (AvgIpc) is 2.46. The number of benzene rings is 1. The van der Waals surface area contributed by atoms with Crippen LogP contribution in [-0.4, -0.2) is 11.9 Å². The Balaban J connectivity index is 1.64. The van der Waals surface area contributed by atoms with Gasteiger partial charge < -0.3 is 4.74 Å². The van der Waals surface area contributed by atoms with Crippen LogP contribution in [0.5, 0.6) is 0 Å². The molecule has 1 spiro atoms. The second-order valence-electron chi connectivity index (χ2n) is 5.74. The Morgan fingerprint density at radius 1 is 1.21 bits per heavy atom. The van der Waals surface area contributed by atoms with Gasteiger partial charge in [-0.05, 0) is 24.5 Å². The summed E-state index contributed by atoms with van der Waals surface area (Å²) in [5, 5.41) is 0. The van der Waals surface area contributed by atoms with E-state index in [9.17, 15) is 4.79 Å². The molecule has 0 radical (unpaired) electrons. The molecule has 0 aromatic heterocycles. The third-order valence-electron chi connectivity index (χ3n) is 4.69. The lowest BCUT2D eigenvalue weighted by Crippen LogP contribution is -2.56. The molecular weight excluding hydrogens is 304 g/mol. The highest BCUT2D eigenvalue weighted by Gasteiger charge is 2.55. The van der Waals surface area contributed by atoms with Gasteiger partial charge in [-0.2, -0.15) is 0 Å². The topological polar surface area (TPSA) is 26.3 Å². The summed E-state index contributed by atoms with van der Waals surface area (Å²) in [5.41, 5.74) is 1.03. The van der Waals surface area contributed by atoms with Gasteiger partial charge in [-0.3, -0.25) is 4.79 Å². The van der Waals surface area contributed by atoms with Crippen molar-refractivity contribution in [3.63, 3.8) is 0 Å². The molecule has 0 N–H and O–H groups in total. The second-order valence-corrected chi connectivity index (χ2v) is 6.59. The molecule has 102 valence electrons. The Hall–Kier alpha value is -0.670. The van der Waals surface area contributed by atoms with E-state index in [-0.39, 0.29) is 11.5 Å². The molecule has 1 aromatic carbocycles. The number of ether oxygens (including phenoxy) is 1. The monoisotopic (exact) mass is 322 g/mol. The molecule has 19 heavy (non-hydrogen) atoms. The van der Waals surface area contributed by atoms with E-state index in [0.717, 1.165) is 22.9 Å². The van der Waals surface area contributed by atoms with E-state index < -0.39 is 0 Å². The van der Waals surface area contributed by atoms with Gasteiger partial charge in [0.25, 0.3) is 0 Å². The molecule has 0 amide bonds. The van der Waals surface area contributed by atoms with Gasteiger partial charge in [0.1, 0.15) is 5.78 Å². The van der Waals surface area contributed by atoms with E-state index in [1.807, 2.05) is 18.2 Å². The molecule has 3 rings (SSSR count). The third-order valence-corrected chi connectivity index (χ3v) is 5.46. The molecule has 2 aliphatic rings. The number of carbonyl (C=O) groups is 1. The van der Waals surface area contributed by atoms with Crippen molar-refractivity contribution in [1.29, 1.82) is 0 Å². The molecule has 2 saturated carbocycles. The number of halogens is 1. The smallest absolute Gasteiger partial charge is 0.144 e. The first-order chi connectivity index (χ1) is 9.22. The summed E-state index contributed by atoms with van der Waals surface area (Å²) in [6.07, 6.45) is 6.46. The first-order valence-corrected chi connectivity index (χ1v) is 7.90. The summed E-state index contributed by atoms with van der Waals surface area (Å²) in [7, 11) is 0. The van der Waals surface area contributed by atoms with E-state index >= 15 is 0 Å². The number of carbonyl (C=O) groups excluding carboxylic acids is 1. The second kappa shape index (κ2) is 5.37. The molecule has 3 heteroatoms. The lowest BCUT2D eigenvalue weighted by Gasteiger charge is -2.49. The highest BCUT2D eigenvalue weighted by molar-refractivity contribution is 9.10. The number of hydrogen-bond acceptors (Lipinski definition) is 2. The Bertz CT molecular complexity index is 477. The largest absolute Gasteiger partial charge is 0.372 e. The predicted molar refractivity (Wildman–Crippen MR) is 77.9 cm³/mol. The zero-order chi connectivity index (χ0) is 13.3. The van der Waals surface area contributed by atoms with Crippen LogP contribution in [0.1, 0.15) is 44.1 Å². The Morgan fingerprint density at radius 3 is 2.63 bits per heavy atom. The number of hydrogen-bond donors (Lipinski definition) is 0. The first kappa shape index (κ1) is 13.3. The van der Waals surface area contributed by atoms with Gasteiger partial charge in [-0.1, -0.05) is 53.4 Å². The molecule has 1 unspecified atom stereocenters. The van der Waals surface area contributed by atoms with Crippen molar-refractivity contribution in [2.24, 2.45) is 5.41 Å². The normalized spacial score (nSPS) is 25.3. The minimum absolute atomic E-state index is 0.125. The summed E-state index contributed by atoms with van der Waals surface area (Å²) in [4.78, 5) is 12.0. The fourth-order valence-corrected chi connectivity index (χ4v) is 3.82. The molecule has 1 atom stereocenters. The van der Waals surface area contributed by atoms with Gasteiger partial charge in [-0.25, -0.2) is 0 Å². The highest BCUT2D eigenvalue weighted by Crippen LogP contribution is 2.50. The van der Waals surface area contributed by atoms with Crippen LogP contribution in [-0.2, 0) is 16.1 Å².